The minimum Gasteiger partial charge on any atom is -0.349 e. The van der Waals surface area contributed by atoms with Crippen LogP contribution in [0, 0.1) is 0 Å². The molecule has 166 valence electrons. The van der Waals surface area contributed by atoms with Gasteiger partial charge in [-0.1, -0.05) is 36.4 Å². The SMILES string of the molecule is CC(c1ccccc1)N1CCC(NC(=O)c2cccc(S(=O)(=O)N3CCCC3)c2)CC1. The summed E-state index contributed by atoms with van der Waals surface area (Å²) in [6, 6.07) is 17.4. The Balaban J connectivity index is 1.35. The lowest BCUT2D eigenvalue weighted by molar-refractivity contribution is 0.0895. The third kappa shape index (κ3) is 5.00. The van der Waals surface area contributed by atoms with Crippen molar-refractivity contribution in [2.24, 2.45) is 0 Å². The van der Waals surface area contributed by atoms with Gasteiger partial charge in [0.05, 0.1) is 4.90 Å². The minimum absolute atomic E-state index is 0.102. The Kier molecular flexibility index (Phi) is 6.74. The second-order valence-electron chi connectivity index (χ2n) is 8.51. The maximum absolute atomic E-state index is 12.8. The van der Waals surface area contributed by atoms with Crippen molar-refractivity contribution in [2.45, 2.75) is 49.6 Å². The lowest BCUT2D eigenvalue weighted by Gasteiger charge is -2.36. The summed E-state index contributed by atoms with van der Waals surface area (Å²) in [6.45, 7) is 5.17. The van der Waals surface area contributed by atoms with Crippen LogP contribution in [0.1, 0.15) is 54.6 Å². The van der Waals surface area contributed by atoms with Gasteiger partial charge in [0.1, 0.15) is 0 Å². The second kappa shape index (κ2) is 9.51. The molecule has 2 aliphatic heterocycles. The number of carbonyl (C=O) groups is 1. The van der Waals surface area contributed by atoms with Gasteiger partial charge in [0.25, 0.3) is 5.91 Å². The average Bonchev–Trinajstić information content (AvgIpc) is 3.36. The largest absolute Gasteiger partial charge is 0.349 e. The molecule has 6 nitrogen and oxygen atoms in total. The van der Waals surface area contributed by atoms with Crippen LogP contribution in [0.2, 0.25) is 0 Å². The smallest absolute Gasteiger partial charge is 0.251 e. The number of rotatable bonds is 6. The number of carbonyl (C=O) groups excluding carboxylic acids is 1. The van der Waals surface area contributed by atoms with Crippen LogP contribution in [-0.4, -0.2) is 55.8 Å². The van der Waals surface area contributed by atoms with E-state index in [-0.39, 0.29) is 16.8 Å². The number of hydrogen-bond donors (Lipinski definition) is 1. The van der Waals surface area contributed by atoms with E-state index in [2.05, 4.69) is 41.4 Å². The highest BCUT2D eigenvalue weighted by Crippen LogP contribution is 2.25. The molecule has 0 spiro atoms. The van der Waals surface area contributed by atoms with Gasteiger partial charge in [0.2, 0.25) is 10.0 Å². The molecule has 2 saturated heterocycles. The number of likely N-dealkylation sites (tertiary alicyclic amines) is 1. The third-order valence-corrected chi connectivity index (χ3v) is 8.39. The second-order valence-corrected chi connectivity index (χ2v) is 10.4. The lowest BCUT2D eigenvalue weighted by Crippen LogP contribution is -2.45. The van der Waals surface area contributed by atoms with Gasteiger partial charge in [0.15, 0.2) is 0 Å². The highest BCUT2D eigenvalue weighted by atomic mass is 32.2. The topological polar surface area (TPSA) is 69.7 Å². The van der Waals surface area contributed by atoms with E-state index in [9.17, 15) is 13.2 Å². The van der Waals surface area contributed by atoms with Crippen molar-refractivity contribution in [1.29, 1.82) is 0 Å². The van der Waals surface area contributed by atoms with Crippen LogP contribution in [-0.2, 0) is 10.0 Å². The van der Waals surface area contributed by atoms with Crippen molar-refractivity contribution in [2.75, 3.05) is 26.2 Å². The van der Waals surface area contributed by atoms with Crippen LogP contribution in [0.3, 0.4) is 0 Å². The molecular weight excluding hydrogens is 410 g/mol. The molecule has 2 aliphatic rings. The van der Waals surface area contributed by atoms with Gasteiger partial charge >= 0.3 is 0 Å². The quantitative estimate of drug-likeness (QED) is 0.746. The summed E-state index contributed by atoms with van der Waals surface area (Å²) in [4.78, 5) is 15.5. The number of amides is 1. The fourth-order valence-corrected chi connectivity index (χ4v) is 6.08. The molecule has 2 aromatic rings. The Morgan fingerprint density at radius 2 is 1.65 bits per heavy atom. The third-order valence-electron chi connectivity index (χ3n) is 6.49. The molecule has 4 rings (SSSR count). The number of benzene rings is 2. The fourth-order valence-electron chi connectivity index (χ4n) is 4.52. The van der Waals surface area contributed by atoms with E-state index in [0.717, 1.165) is 38.8 Å². The Morgan fingerprint density at radius 1 is 0.968 bits per heavy atom. The highest BCUT2D eigenvalue weighted by Gasteiger charge is 2.28. The standard InChI is InChI=1S/C24H31N3O3S/c1-19(20-8-3-2-4-9-20)26-16-12-22(13-17-26)25-24(28)21-10-7-11-23(18-21)31(29,30)27-14-5-6-15-27/h2-4,7-11,18-19,22H,5-6,12-17H2,1H3,(H,25,28). The molecule has 0 radical (unpaired) electrons. The molecule has 1 atom stereocenters. The minimum atomic E-state index is -3.52. The van der Waals surface area contributed by atoms with Gasteiger partial charge in [-0.15, -0.1) is 0 Å². The van der Waals surface area contributed by atoms with Crippen molar-refractivity contribution in [3.8, 4) is 0 Å². The number of piperidine rings is 1. The molecule has 0 bridgehead atoms. The normalized spacial score (nSPS) is 19.9. The molecule has 31 heavy (non-hydrogen) atoms. The first kappa shape index (κ1) is 22.0. The number of nitrogens with one attached hydrogen (secondary N) is 1. The first-order valence-corrected chi connectivity index (χ1v) is 12.6. The van der Waals surface area contributed by atoms with Crippen molar-refractivity contribution < 1.29 is 13.2 Å². The molecule has 1 N–H and O–H groups in total. The van der Waals surface area contributed by atoms with E-state index in [1.54, 1.807) is 18.2 Å². The van der Waals surface area contributed by atoms with E-state index in [4.69, 9.17) is 0 Å². The Labute approximate surface area is 185 Å². The molecule has 1 amide bonds. The number of sulfonamides is 1. The summed E-state index contributed by atoms with van der Waals surface area (Å²) in [5.74, 6) is -0.201. The first-order valence-electron chi connectivity index (χ1n) is 11.2. The van der Waals surface area contributed by atoms with Crippen LogP contribution in [0.15, 0.2) is 59.5 Å². The predicted octanol–water partition coefficient (Wildman–Crippen LogP) is 3.43. The molecule has 2 heterocycles. The summed E-state index contributed by atoms with van der Waals surface area (Å²) >= 11 is 0. The Bertz CT molecular complexity index is 996. The van der Waals surface area contributed by atoms with E-state index in [0.29, 0.717) is 24.7 Å². The lowest BCUT2D eigenvalue weighted by atomic mass is 10.00. The molecule has 1 unspecified atom stereocenters. The molecule has 7 heteroatoms. The zero-order chi connectivity index (χ0) is 21.8. The van der Waals surface area contributed by atoms with Crippen molar-refractivity contribution in [3.63, 3.8) is 0 Å². The highest BCUT2D eigenvalue weighted by molar-refractivity contribution is 7.89. The summed E-state index contributed by atoms with van der Waals surface area (Å²) < 4.78 is 27.1. The Hall–Kier alpha value is -2.22. The monoisotopic (exact) mass is 441 g/mol. The van der Waals surface area contributed by atoms with E-state index in [1.165, 1.54) is 15.9 Å². The van der Waals surface area contributed by atoms with Gasteiger partial charge in [-0.05, 0) is 56.4 Å². The van der Waals surface area contributed by atoms with Gasteiger partial charge in [-0.3, -0.25) is 9.69 Å². The summed E-state index contributed by atoms with van der Waals surface area (Å²) in [5, 5.41) is 3.11. The van der Waals surface area contributed by atoms with Crippen molar-refractivity contribution >= 4 is 15.9 Å². The average molecular weight is 442 g/mol. The summed E-state index contributed by atoms with van der Waals surface area (Å²) in [5.41, 5.74) is 1.71. The molecule has 0 saturated carbocycles. The molecule has 0 aromatic heterocycles. The van der Waals surface area contributed by atoms with Gasteiger partial charge in [-0.25, -0.2) is 8.42 Å². The molecule has 0 aliphatic carbocycles. The summed E-state index contributed by atoms with van der Waals surface area (Å²) in [7, 11) is -3.52. The molecule has 2 aromatic carbocycles. The van der Waals surface area contributed by atoms with Gasteiger partial charge < -0.3 is 5.32 Å². The van der Waals surface area contributed by atoms with Crippen LogP contribution < -0.4 is 5.32 Å². The number of nitrogens with zero attached hydrogens (tertiary/aromatic N) is 2. The van der Waals surface area contributed by atoms with Crippen LogP contribution in [0.25, 0.3) is 0 Å². The zero-order valence-corrected chi connectivity index (χ0v) is 18.9. The van der Waals surface area contributed by atoms with Gasteiger partial charge in [-0.2, -0.15) is 4.31 Å². The first-order chi connectivity index (χ1) is 14.9. The predicted molar refractivity (Wildman–Crippen MR) is 121 cm³/mol. The number of hydrogen-bond acceptors (Lipinski definition) is 4. The van der Waals surface area contributed by atoms with Gasteiger partial charge in [0, 0.05) is 43.8 Å². The maximum Gasteiger partial charge on any atom is 0.251 e. The molecule has 2 fully saturated rings. The maximum atomic E-state index is 12.8. The Morgan fingerprint density at radius 3 is 2.32 bits per heavy atom. The van der Waals surface area contributed by atoms with Crippen LogP contribution >= 0.6 is 0 Å². The van der Waals surface area contributed by atoms with E-state index >= 15 is 0 Å². The van der Waals surface area contributed by atoms with Crippen molar-refractivity contribution in [3.05, 3.63) is 65.7 Å². The fraction of sp³-hybridized carbons (Fsp3) is 0.458. The van der Waals surface area contributed by atoms with Crippen molar-refractivity contribution in [1.82, 2.24) is 14.5 Å². The molecular formula is C24H31N3O3S. The van der Waals surface area contributed by atoms with Crippen LogP contribution in [0.4, 0.5) is 0 Å². The van der Waals surface area contributed by atoms with E-state index in [1.807, 2.05) is 6.07 Å². The van der Waals surface area contributed by atoms with E-state index < -0.39 is 10.0 Å². The zero-order valence-electron chi connectivity index (χ0n) is 18.0. The summed E-state index contributed by atoms with van der Waals surface area (Å²) in [6.07, 6.45) is 3.55. The van der Waals surface area contributed by atoms with Crippen LogP contribution in [0.5, 0.6) is 0 Å².